The van der Waals surface area contributed by atoms with Crippen molar-refractivity contribution in [1.29, 1.82) is 0 Å². The molecule has 1 saturated heterocycles. The van der Waals surface area contributed by atoms with E-state index in [0.717, 1.165) is 4.90 Å². The summed E-state index contributed by atoms with van der Waals surface area (Å²) in [6.45, 7) is 3.24. The van der Waals surface area contributed by atoms with Crippen LogP contribution in [0.1, 0.15) is 32.4 Å². The second-order valence-electron chi connectivity index (χ2n) is 8.02. The van der Waals surface area contributed by atoms with Crippen LogP contribution in [0.3, 0.4) is 0 Å². The normalized spacial score (nSPS) is 18.7. The number of tetrazole rings is 1. The fourth-order valence-electron chi connectivity index (χ4n) is 2.94. The van der Waals surface area contributed by atoms with E-state index < -0.39 is 30.3 Å². The molecule has 0 spiro atoms. The Bertz CT molecular complexity index is 1050. The Morgan fingerprint density at radius 3 is 2.17 bits per heavy atom. The number of fused-ring (bicyclic) bond motifs is 1. The highest BCUT2D eigenvalue weighted by molar-refractivity contribution is 5.83. The topological polar surface area (TPSA) is 103 Å². The van der Waals surface area contributed by atoms with Crippen LogP contribution in [0, 0.1) is 0 Å². The molecule has 1 aliphatic rings. The average Bonchev–Trinajstić information content (AvgIpc) is 3.24. The van der Waals surface area contributed by atoms with E-state index >= 15 is 0 Å². The molecule has 1 fully saturated rings. The lowest BCUT2D eigenvalue weighted by Gasteiger charge is -2.21. The number of rotatable bonds is 3. The molecule has 0 N–H and O–H groups in total. The third-order valence-corrected chi connectivity index (χ3v) is 4.63. The van der Waals surface area contributed by atoms with E-state index in [4.69, 9.17) is 0 Å². The Morgan fingerprint density at radius 2 is 1.62 bits per heavy atom. The molecule has 4 heterocycles. The predicted molar refractivity (Wildman–Crippen MR) is 91.8 cm³/mol. The fourth-order valence-corrected chi connectivity index (χ4v) is 2.94. The monoisotopic (exact) mass is 414 g/mol. The number of aryl methyl sites for hydroxylation is 1. The second kappa shape index (κ2) is 6.03. The van der Waals surface area contributed by atoms with Crippen LogP contribution in [0.15, 0.2) is 0 Å². The number of halogens is 4. The lowest BCUT2D eigenvalue weighted by molar-refractivity contribution is -0.172. The van der Waals surface area contributed by atoms with Gasteiger partial charge in [-0.3, -0.25) is 0 Å². The molecular weight excluding hydrogens is 396 g/mol. The molecule has 0 aromatic carbocycles. The van der Waals surface area contributed by atoms with Gasteiger partial charge >= 0.3 is 11.8 Å². The molecule has 1 aliphatic heterocycles. The molecule has 0 atom stereocenters. The van der Waals surface area contributed by atoms with Gasteiger partial charge < -0.3 is 4.90 Å². The molecule has 0 amide bonds. The van der Waals surface area contributed by atoms with E-state index in [9.17, 15) is 17.6 Å². The number of hydrogen-bond acceptors (Lipinski definition) is 8. The Labute approximate surface area is 161 Å². The molecule has 10 nitrogen and oxygen atoms in total. The van der Waals surface area contributed by atoms with Crippen LogP contribution in [0.25, 0.3) is 11.2 Å². The van der Waals surface area contributed by atoms with Crippen LogP contribution in [0.5, 0.6) is 0 Å². The van der Waals surface area contributed by atoms with Gasteiger partial charge in [0.25, 0.3) is 0 Å². The third-order valence-electron chi connectivity index (χ3n) is 4.63. The van der Waals surface area contributed by atoms with Crippen LogP contribution in [-0.4, -0.2) is 70.1 Å². The summed E-state index contributed by atoms with van der Waals surface area (Å²) in [5.41, 5.74) is -0.294. The van der Waals surface area contributed by atoms with E-state index in [1.807, 2.05) is 20.8 Å². The van der Waals surface area contributed by atoms with E-state index in [2.05, 4.69) is 35.8 Å². The van der Waals surface area contributed by atoms with E-state index in [-0.39, 0.29) is 29.4 Å². The van der Waals surface area contributed by atoms with Gasteiger partial charge in [-0.2, -0.15) is 17.6 Å². The van der Waals surface area contributed by atoms with Gasteiger partial charge in [-0.05, 0) is 10.4 Å². The Morgan fingerprint density at radius 1 is 0.966 bits per heavy atom. The largest absolute Gasteiger partial charge is 0.342 e. The maximum Gasteiger partial charge on any atom is 0.329 e. The molecule has 3 aromatic heterocycles. The van der Waals surface area contributed by atoms with Crippen molar-refractivity contribution in [2.24, 2.45) is 7.05 Å². The predicted octanol–water partition coefficient (Wildman–Crippen LogP) is 1.18. The smallest absolute Gasteiger partial charge is 0.329 e. The van der Waals surface area contributed by atoms with Gasteiger partial charge in [0, 0.05) is 12.5 Å². The molecule has 0 saturated carbocycles. The highest BCUT2D eigenvalue weighted by Gasteiger charge is 2.63. The zero-order valence-corrected chi connectivity index (χ0v) is 16.1. The Hall–Kier alpha value is -2.93. The molecular formula is C15H18F4N10. The number of nitrogens with zero attached hydrogens (tertiary/aromatic N) is 10. The molecule has 0 radical (unpaired) electrons. The first-order valence-electron chi connectivity index (χ1n) is 8.72. The first-order chi connectivity index (χ1) is 13.4. The average molecular weight is 414 g/mol. The second-order valence-corrected chi connectivity index (χ2v) is 8.02. The highest BCUT2D eigenvalue weighted by Crippen LogP contribution is 2.43. The van der Waals surface area contributed by atoms with E-state index in [1.54, 1.807) is 7.05 Å². The zero-order valence-electron chi connectivity index (χ0n) is 16.1. The van der Waals surface area contributed by atoms with Crippen molar-refractivity contribution in [3.05, 3.63) is 11.6 Å². The minimum absolute atomic E-state index is 0.0571. The van der Waals surface area contributed by atoms with Crippen LogP contribution in [0.4, 0.5) is 23.4 Å². The molecule has 14 heteroatoms. The van der Waals surface area contributed by atoms with Crippen molar-refractivity contribution in [3.63, 3.8) is 0 Å². The van der Waals surface area contributed by atoms with Gasteiger partial charge in [0.2, 0.25) is 0 Å². The van der Waals surface area contributed by atoms with E-state index in [1.165, 1.54) is 9.36 Å². The molecule has 0 bridgehead atoms. The van der Waals surface area contributed by atoms with Crippen LogP contribution >= 0.6 is 0 Å². The summed E-state index contributed by atoms with van der Waals surface area (Å²) < 4.78 is 58.0. The van der Waals surface area contributed by atoms with E-state index in [0.29, 0.717) is 5.82 Å². The van der Waals surface area contributed by atoms with Crippen LogP contribution < -0.4 is 4.90 Å². The van der Waals surface area contributed by atoms with Gasteiger partial charge in [-0.1, -0.05) is 26.0 Å². The standard InChI is InChI=1S/C15H18F4N10/c1-13(2,3)12-20-10(28-6-14(16,17)15(18,19)7-28)9-11(21-12)29(25-23-9)5-8-22-24-26-27(8)4/h5-7H2,1-4H3. The molecule has 156 valence electrons. The highest BCUT2D eigenvalue weighted by atomic mass is 19.3. The summed E-state index contributed by atoms with van der Waals surface area (Å²) in [4.78, 5) is 9.60. The van der Waals surface area contributed by atoms with Crippen molar-refractivity contribution in [2.45, 2.75) is 44.6 Å². The minimum Gasteiger partial charge on any atom is -0.342 e. The lowest BCUT2D eigenvalue weighted by Crippen LogP contribution is -2.38. The number of hydrogen-bond donors (Lipinski definition) is 0. The fraction of sp³-hybridized carbons (Fsp3) is 0.667. The maximum absolute atomic E-state index is 13.8. The van der Waals surface area contributed by atoms with Crippen molar-refractivity contribution in [3.8, 4) is 0 Å². The summed E-state index contributed by atoms with van der Waals surface area (Å²) in [5.74, 6) is -7.70. The third kappa shape index (κ3) is 3.15. The van der Waals surface area contributed by atoms with Crippen molar-refractivity contribution in [1.82, 2.24) is 45.2 Å². The van der Waals surface area contributed by atoms with Gasteiger partial charge in [-0.15, -0.1) is 10.2 Å². The number of aromatic nitrogens is 9. The lowest BCUT2D eigenvalue weighted by atomic mass is 9.96. The van der Waals surface area contributed by atoms with Crippen molar-refractivity contribution in [2.75, 3.05) is 18.0 Å². The van der Waals surface area contributed by atoms with Gasteiger partial charge in [0.05, 0.1) is 13.1 Å². The first-order valence-corrected chi connectivity index (χ1v) is 8.72. The number of alkyl halides is 4. The van der Waals surface area contributed by atoms with Crippen molar-refractivity contribution >= 4 is 17.0 Å². The molecule has 29 heavy (non-hydrogen) atoms. The van der Waals surface area contributed by atoms with Crippen LogP contribution in [0.2, 0.25) is 0 Å². The van der Waals surface area contributed by atoms with Gasteiger partial charge in [0.15, 0.2) is 22.8 Å². The molecule has 0 unspecified atom stereocenters. The summed E-state index contributed by atoms with van der Waals surface area (Å²) >= 11 is 0. The summed E-state index contributed by atoms with van der Waals surface area (Å²) in [6, 6.07) is 0. The Kier molecular flexibility index (Phi) is 4.03. The minimum atomic E-state index is -4.17. The molecule has 4 rings (SSSR count). The summed E-state index contributed by atoms with van der Waals surface area (Å²) in [5, 5.41) is 19.1. The zero-order chi connectivity index (χ0) is 21.2. The Balaban J connectivity index is 1.85. The maximum atomic E-state index is 13.8. The summed E-state index contributed by atoms with van der Waals surface area (Å²) in [7, 11) is 1.64. The quantitative estimate of drug-likeness (QED) is 0.589. The molecule has 3 aromatic rings. The van der Waals surface area contributed by atoms with Crippen LogP contribution in [-0.2, 0) is 19.0 Å². The van der Waals surface area contributed by atoms with Gasteiger partial charge in [-0.25, -0.2) is 19.3 Å². The van der Waals surface area contributed by atoms with Gasteiger partial charge in [0.1, 0.15) is 12.4 Å². The van der Waals surface area contributed by atoms with Crippen molar-refractivity contribution < 1.29 is 17.6 Å². The first kappa shape index (κ1) is 19.4. The molecule has 0 aliphatic carbocycles. The number of anilines is 1. The summed E-state index contributed by atoms with van der Waals surface area (Å²) in [6.07, 6.45) is 0. The SMILES string of the molecule is Cn1nnnc1Cn1nnc2c(N3CC(F)(F)C(F)(F)C3)nc(C(C)(C)C)nc21.